The van der Waals surface area contributed by atoms with Crippen molar-refractivity contribution >= 4 is 17.5 Å². The van der Waals surface area contributed by atoms with Crippen LogP contribution in [-0.2, 0) is 11.2 Å². The van der Waals surface area contributed by atoms with Crippen molar-refractivity contribution in [2.75, 3.05) is 20.8 Å². The Labute approximate surface area is 164 Å². The van der Waals surface area contributed by atoms with Crippen LogP contribution in [0.3, 0.4) is 0 Å². The van der Waals surface area contributed by atoms with Gasteiger partial charge in [0.2, 0.25) is 5.91 Å². The first kappa shape index (κ1) is 19.4. The first-order chi connectivity index (χ1) is 12.9. The van der Waals surface area contributed by atoms with Crippen molar-refractivity contribution in [2.24, 2.45) is 5.92 Å². The van der Waals surface area contributed by atoms with Crippen molar-refractivity contribution in [1.82, 2.24) is 5.32 Å². The van der Waals surface area contributed by atoms with Crippen LogP contribution < -0.4 is 19.5 Å². The lowest BCUT2D eigenvalue weighted by atomic mass is 9.99. The molecule has 1 atom stereocenters. The molecule has 0 aliphatic carbocycles. The van der Waals surface area contributed by atoms with E-state index in [0.29, 0.717) is 23.7 Å². The lowest BCUT2D eigenvalue weighted by Gasteiger charge is -2.14. The van der Waals surface area contributed by atoms with Gasteiger partial charge in [0.25, 0.3) is 0 Å². The fraction of sp³-hybridized carbons (Fsp3) is 0.381. The van der Waals surface area contributed by atoms with Gasteiger partial charge in [0, 0.05) is 23.5 Å². The molecule has 1 N–H and O–H groups in total. The van der Waals surface area contributed by atoms with Gasteiger partial charge < -0.3 is 19.5 Å². The number of hydrogen-bond donors (Lipinski definition) is 1. The van der Waals surface area contributed by atoms with Crippen molar-refractivity contribution in [3.8, 4) is 28.4 Å². The van der Waals surface area contributed by atoms with Gasteiger partial charge in [0.1, 0.15) is 23.4 Å². The van der Waals surface area contributed by atoms with Crippen LogP contribution in [-0.4, -0.2) is 32.8 Å². The summed E-state index contributed by atoms with van der Waals surface area (Å²) >= 11 is 6.49. The Morgan fingerprint density at radius 2 is 2.04 bits per heavy atom. The maximum absolute atomic E-state index is 11.8. The molecule has 1 unspecified atom stereocenters. The third-order valence-corrected chi connectivity index (χ3v) is 4.88. The summed E-state index contributed by atoms with van der Waals surface area (Å²) in [5, 5.41) is 3.46. The Morgan fingerprint density at radius 1 is 1.26 bits per heavy atom. The van der Waals surface area contributed by atoms with E-state index in [2.05, 4.69) is 11.4 Å². The maximum Gasteiger partial charge on any atom is 0.222 e. The van der Waals surface area contributed by atoms with E-state index in [4.69, 9.17) is 25.8 Å². The SMILES string of the molecule is COc1ccc(OC)c(-c2cc(Cl)c3c(c2)CC(CNC(=O)C(C)C)O3)c1. The standard InChI is InChI=1S/C21H24ClNO4/c1-12(2)21(24)23-11-16-8-14-7-13(9-18(22)20(14)27-16)17-10-15(25-3)5-6-19(17)26-4/h5-7,9-10,12,16H,8,11H2,1-4H3,(H,23,24). The summed E-state index contributed by atoms with van der Waals surface area (Å²) in [4.78, 5) is 11.8. The molecule has 1 heterocycles. The Hall–Kier alpha value is -2.40. The van der Waals surface area contributed by atoms with Crippen LogP contribution in [0.1, 0.15) is 19.4 Å². The van der Waals surface area contributed by atoms with Gasteiger partial charge in [-0.3, -0.25) is 4.79 Å². The molecule has 2 aromatic rings. The van der Waals surface area contributed by atoms with Crippen LogP contribution in [0.5, 0.6) is 17.2 Å². The van der Waals surface area contributed by atoms with Crippen LogP contribution in [0, 0.1) is 5.92 Å². The zero-order valence-electron chi connectivity index (χ0n) is 16.0. The molecule has 1 aliphatic heterocycles. The molecule has 0 radical (unpaired) electrons. The second kappa shape index (κ2) is 8.09. The summed E-state index contributed by atoms with van der Waals surface area (Å²) in [6.45, 7) is 4.19. The van der Waals surface area contributed by atoms with E-state index in [1.807, 2.05) is 38.1 Å². The molecule has 0 bridgehead atoms. The Morgan fingerprint density at radius 3 is 2.70 bits per heavy atom. The lowest BCUT2D eigenvalue weighted by molar-refractivity contribution is -0.124. The smallest absolute Gasteiger partial charge is 0.222 e. The average Bonchev–Trinajstić information content (AvgIpc) is 3.09. The van der Waals surface area contributed by atoms with E-state index < -0.39 is 0 Å². The van der Waals surface area contributed by atoms with Crippen LogP contribution in [0.4, 0.5) is 0 Å². The first-order valence-electron chi connectivity index (χ1n) is 8.92. The molecule has 0 saturated heterocycles. The van der Waals surface area contributed by atoms with Gasteiger partial charge in [0.15, 0.2) is 0 Å². The number of nitrogens with one attached hydrogen (secondary N) is 1. The maximum atomic E-state index is 11.8. The summed E-state index contributed by atoms with van der Waals surface area (Å²) < 4.78 is 16.8. The predicted molar refractivity (Wildman–Crippen MR) is 106 cm³/mol. The molecule has 3 rings (SSSR count). The molecule has 6 heteroatoms. The topological polar surface area (TPSA) is 56.8 Å². The van der Waals surface area contributed by atoms with Crippen molar-refractivity contribution in [3.05, 3.63) is 40.9 Å². The largest absolute Gasteiger partial charge is 0.497 e. The summed E-state index contributed by atoms with van der Waals surface area (Å²) in [6, 6.07) is 9.58. The van der Waals surface area contributed by atoms with E-state index >= 15 is 0 Å². The summed E-state index contributed by atoms with van der Waals surface area (Å²) in [5.74, 6) is 2.14. The number of halogens is 1. The highest BCUT2D eigenvalue weighted by Gasteiger charge is 2.27. The van der Waals surface area contributed by atoms with Crippen molar-refractivity contribution in [3.63, 3.8) is 0 Å². The van der Waals surface area contributed by atoms with E-state index in [9.17, 15) is 4.79 Å². The molecule has 0 saturated carbocycles. The van der Waals surface area contributed by atoms with E-state index in [0.717, 1.165) is 28.2 Å². The van der Waals surface area contributed by atoms with E-state index in [1.165, 1.54) is 0 Å². The highest BCUT2D eigenvalue weighted by atomic mass is 35.5. The molecular formula is C21H24ClNO4. The van der Waals surface area contributed by atoms with Crippen LogP contribution in [0.25, 0.3) is 11.1 Å². The highest BCUT2D eigenvalue weighted by molar-refractivity contribution is 6.32. The molecule has 0 fully saturated rings. The molecule has 0 spiro atoms. The van der Waals surface area contributed by atoms with Gasteiger partial charge in [-0.1, -0.05) is 25.4 Å². The van der Waals surface area contributed by atoms with Gasteiger partial charge in [-0.2, -0.15) is 0 Å². The van der Waals surface area contributed by atoms with E-state index in [1.54, 1.807) is 14.2 Å². The molecule has 0 aromatic heterocycles. The summed E-state index contributed by atoms with van der Waals surface area (Å²) in [6.07, 6.45) is 0.566. The number of carbonyl (C=O) groups excluding carboxylic acids is 1. The number of benzene rings is 2. The molecular weight excluding hydrogens is 366 g/mol. The molecule has 1 amide bonds. The number of methoxy groups -OCH3 is 2. The van der Waals surface area contributed by atoms with Crippen LogP contribution in [0.2, 0.25) is 5.02 Å². The second-order valence-electron chi connectivity index (χ2n) is 6.86. The van der Waals surface area contributed by atoms with E-state index in [-0.39, 0.29) is 17.9 Å². The summed E-state index contributed by atoms with van der Waals surface area (Å²) in [5.41, 5.74) is 2.86. The Kier molecular flexibility index (Phi) is 5.80. The molecule has 1 aliphatic rings. The first-order valence-corrected chi connectivity index (χ1v) is 9.30. The zero-order chi connectivity index (χ0) is 19.6. The minimum Gasteiger partial charge on any atom is -0.497 e. The number of fused-ring (bicyclic) bond motifs is 1. The normalized spacial score (nSPS) is 15.3. The van der Waals surface area contributed by atoms with Crippen molar-refractivity contribution in [1.29, 1.82) is 0 Å². The number of rotatable bonds is 6. The Balaban J connectivity index is 1.85. The summed E-state index contributed by atoms with van der Waals surface area (Å²) in [7, 11) is 3.27. The van der Waals surface area contributed by atoms with Crippen molar-refractivity contribution < 1.29 is 19.0 Å². The predicted octanol–water partition coefficient (Wildman–Crippen LogP) is 4.10. The third-order valence-electron chi connectivity index (χ3n) is 4.60. The van der Waals surface area contributed by atoms with Gasteiger partial charge in [-0.05, 0) is 35.9 Å². The highest BCUT2D eigenvalue weighted by Crippen LogP contribution is 2.42. The van der Waals surface area contributed by atoms with Gasteiger partial charge in [-0.25, -0.2) is 0 Å². The van der Waals surface area contributed by atoms with Crippen molar-refractivity contribution in [2.45, 2.75) is 26.4 Å². The monoisotopic (exact) mass is 389 g/mol. The average molecular weight is 390 g/mol. The number of amides is 1. The lowest BCUT2D eigenvalue weighted by Crippen LogP contribution is -2.36. The third kappa shape index (κ3) is 4.14. The number of hydrogen-bond acceptors (Lipinski definition) is 4. The number of carbonyl (C=O) groups is 1. The minimum atomic E-state index is -0.123. The Bertz CT molecular complexity index is 850. The zero-order valence-corrected chi connectivity index (χ0v) is 16.7. The van der Waals surface area contributed by atoms with Crippen LogP contribution in [0.15, 0.2) is 30.3 Å². The molecule has 27 heavy (non-hydrogen) atoms. The fourth-order valence-corrected chi connectivity index (χ4v) is 3.40. The second-order valence-corrected chi connectivity index (χ2v) is 7.26. The molecule has 5 nitrogen and oxygen atoms in total. The van der Waals surface area contributed by atoms with Crippen LogP contribution >= 0.6 is 11.6 Å². The number of ether oxygens (including phenoxy) is 3. The van der Waals surface area contributed by atoms with Gasteiger partial charge in [0.05, 0.1) is 25.8 Å². The fourth-order valence-electron chi connectivity index (χ4n) is 3.12. The van der Waals surface area contributed by atoms with Gasteiger partial charge in [-0.15, -0.1) is 0 Å². The van der Waals surface area contributed by atoms with Gasteiger partial charge >= 0.3 is 0 Å². The minimum absolute atomic E-state index is 0.0162. The quantitative estimate of drug-likeness (QED) is 0.808. The molecule has 144 valence electrons. The molecule has 2 aromatic carbocycles.